The second-order valence-corrected chi connectivity index (χ2v) is 4.02. The SMILES string of the molecule is CCCC(CC)NC(=O)C1(N)CC1. The molecular formula is C10H20N2O. The van der Waals surface area contributed by atoms with Gasteiger partial charge in [-0.25, -0.2) is 0 Å². The second kappa shape index (κ2) is 4.09. The third-order valence-corrected chi connectivity index (χ3v) is 2.71. The summed E-state index contributed by atoms with van der Waals surface area (Å²) >= 11 is 0. The number of hydrogen-bond donors (Lipinski definition) is 2. The molecule has 0 aliphatic heterocycles. The Bertz CT molecular complexity index is 187. The van der Waals surface area contributed by atoms with E-state index in [-0.39, 0.29) is 5.91 Å². The van der Waals surface area contributed by atoms with Gasteiger partial charge in [-0.05, 0) is 25.7 Å². The summed E-state index contributed by atoms with van der Waals surface area (Å²) in [6, 6.07) is 0.318. The van der Waals surface area contributed by atoms with Gasteiger partial charge in [0.25, 0.3) is 0 Å². The molecule has 0 heterocycles. The Balaban J connectivity index is 2.32. The largest absolute Gasteiger partial charge is 0.352 e. The van der Waals surface area contributed by atoms with E-state index in [0.29, 0.717) is 6.04 Å². The summed E-state index contributed by atoms with van der Waals surface area (Å²) in [6.07, 6.45) is 4.85. The van der Waals surface area contributed by atoms with Crippen LogP contribution >= 0.6 is 0 Å². The van der Waals surface area contributed by atoms with Gasteiger partial charge < -0.3 is 11.1 Å². The molecule has 1 rings (SSSR count). The normalized spacial score (nSPS) is 20.8. The minimum absolute atomic E-state index is 0.0489. The van der Waals surface area contributed by atoms with Crippen molar-refractivity contribution < 1.29 is 4.79 Å². The summed E-state index contributed by atoms with van der Waals surface area (Å²) in [7, 11) is 0. The zero-order valence-corrected chi connectivity index (χ0v) is 8.60. The van der Waals surface area contributed by atoms with Gasteiger partial charge in [0.05, 0.1) is 5.54 Å². The molecule has 1 atom stereocenters. The fraction of sp³-hybridized carbons (Fsp3) is 0.900. The molecule has 3 N–H and O–H groups in total. The molecule has 1 amide bonds. The Kier molecular flexibility index (Phi) is 3.31. The molecule has 76 valence electrons. The van der Waals surface area contributed by atoms with Crippen molar-refractivity contribution in [2.45, 2.75) is 57.5 Å². The molecular weight excluding hydrogens is 164 g/mol. The molecule has 3 heteroatoms. The molecule has 1 aliphatic carbocycles. The topological polar surface area (TPSA) is 55.1 Å². The van der Waals surface area contributed by atoms with E-state index in [4.69, 9.17) is 5.73 Å². The van der Waals surface area contributed by atoms with Gasteiger partial charge in [0.15, 0.2) is 0 Å². The van der Waals surface area contributed by atoms with Crippen LogP contribution in [0.25, 0.3) is 0 Å². The van der Waals surface area contributed by atoms with Gasteiger partial charge in [0, 0.05) is 6.04 Å². The first-order valence-corrected chi connectivity index (χ1v) is 5.22. The van der Waals surface area contributed by atoms with Crippen LogP contribution in [0.2, 0.25) is 0 Å². The van der Waals surface area contributed by atoms with Crippen molar-refractivity contribution in [3.63, 3.8) is 0 Å². The molecule has 0 aromatic carbocycles. The predicted molar refractivity (Wildman–Crippen MR) is 53.3 cm³/mol. The first-order valence-electron chi connectivity index (χ1n) is 5.22. The Labute approximate surface area is 80.1 Å². The van der Waals surface area contributed by atoms with Gasteiger partial charge in [0.1, 0.15) is 0 Å². The number of nitrogens with two attached hydrogens (primary N) is 1. The summed E-state index contributed by atoms with van der Waals surface area (Å²) in [5.41, 5.74) is 5.26. The monoisotopic (exact) mass is 184 g/mol. The highest BCUT2D eigenvalue weighted by atomic mass is 16.2. The van der Waals surface area contributed by atoms with Crippen molar-refractivity contribution in [3.8, 4) is 0 Å². The molecule has 0 aromatic rings. The maximum absolute atomic E-state index is 11.5. The average Bonchev–Trinajstić information content (AvgIpc) is 2.84. The summed E-state index contributed by atoms with van der Waals surface area (Å²) in [4.78, 5) is 11.5. The highest BCUT2D eigenvalue weighted by Gasteiger charge is 2.46. The summed E-state index contributed by atoms with van der Waals surface area (Å²) in [5, 5.41) is 3.01. The molecule has 0 saturated heterocycles. The van der Waals surface area contributed by atoms with Crippen molar-refractivity contribution in [2.75, 3.05) is 0 Å². The predicted octanol–water partition coefficient (Wildman–Crippen LogP) is 1.17. The third-order valence-electron chi connectivity index (χ3n) is 2.71. The summed E-state index contributed by atoms with van der Waals surface area (Å²) in [5.74, 6) is 0.0489. The second-order valence-electron chi connectivity index (χ2n) is 4.02. The molecule has 1 unspecified atom stereocenters. The number of hydrogen-bond acceptors (Lipinski definition) is 2. The fourth-order valence-corrected chi connectivity index (χ4v) is 1.42. The van der Waals surface area contributed by atoms with Gasteiger partial charge in [-0.1, -0.05) is 20.3 Å². The molecule has 0 aromatic heterocycles. The average molecular weight is 184 g/mol. The number of amides is 1. The van der Waals surface area contributed by atoms with E-state index in [1.807, 2.05) is 0 Å². The number of nitrogens with one attached hydrogen (secondary N) is 1. The third kappa shape index (κ3) is 2.69. The van der Waals surface area contributed by atoms with E-state index in [1.54, 1.807) is 0 Å². The van der Waals surface area contributed by atoms with E-state index < -0.39 is 5.54 Å². The van der Waals surface area contributed by atoms with E-state index in [9.17, 15) is 4.79 Å². The summed E-state index contributed by atoms with van der Waals surface area (Å²) in [6.45, 7) is 4.22. The highest BCUT2D eigenvalue weighted by molar-refractivity contribution is 5.89. The Morgan fingerprint density at radius 1 is 1.54 bits per heavy atom. The van der Waals surface area contributed by atoms with Crippen LogP contribution < -0.4 is 11.1 Å². The van der Waals surface area contributed by atoms with Crippen molar-refractivity contribution in [2.24, 2.45) is 5.73 Å². The fourth-order valence-electron chi connectivity index (χ4n) is 1.42. The minimum Gasteiger partial charge on any atom is -0.352 e. The van der Waals surface area contributed by atoms with Crippen LogP contribution in [-0.2, 0) is 4.79 Å². The number of carbonyl (C=O) groups excluding carboxylic acids is 1. The number of rotatable bonds is 5. The van der Waals surface area contributed by atoms with Crippen molar-refractivity contribution in [1.29, 1.82) is 0 Å². The van der Waals surface area contributed by atoms with E-state index in [1.165, 1.54) is 0 Å². The highest BCUT2D eigenvalue weighted by Crippen LogP contribution is 2.32. The zero-order valence-electron chi connectivity index (χ0n) is 8.60. The standard InChI is InChI=1S/C10H20N2O/c1-3-5-8(4-2)12-9(13)10(11)6-7-10/h8H,3-7,11H2,1-2H3,(H,12,13). The van der Waals surface area contributed by atoms with Gasteiger partial charge in [-0.3, -0.25) is 4.79 Å². The first kappa shape index (κ1) is 10.5. The van der Waals surface area contributed by atoms with Crippen LogP contribution in [0, 0.1) is 0 Å². The molecule has 0 spiro atoms. The van der Waals surface area contributed by atoms with Gasteiger partial charge in [0.2, 0.25) is 5.91 Å². The van der Waals surface area contributed by atoms with Crippen LogP contribution in [0.4, 0.5) is 0 Å². The Hall–Kier alpha value is -0.570. The van der Waals surface area contributed by atoms with E-state index >= 15 is 0 Å². The van der Waals surface area contributed by atoms with Gasteiger partial charge in [-0.15, -0.1) is 0 Å². The molecule has 1 fully saturated rings. The minimum atomic E-state index is -0.513. The maximum atomic E-state index is 11.5. The van der Waals surface area contributed by atoms with Crippen LogP contribution in [0.3, 0.4) is 0 Å². The van der Waals surface area contributed by atoms with Crippen molar-refractivity contribution in [3.05, 3.63) is 0 Å². The maximum Gasteiger partial charge on any atom is 0.240 e. The zero-order chi connectivity index (χ0) is 9.90. The van der Waals surface area contributed by atoms with E-state index in [2.05, 4.69) is 19.2 Å². The molecule has 1 aliphatic rings. The molecule has 0 radical (unpaired) electrons. The molecule has 1 saturated carbocycles. The number of carbonyl (C=O) groups is 1. The van der Waals surface area contributed by atoms with Crippen LogP contribution in [0.5, 0.6) is 0 Å². The lowest BCUT2D eigenvalue weighted by atomic mass is 10.1. The molecule has 13 heavy (non-hydrogen) atoms. The lowest BCUT2D eigenvalue weighted by molar-refractivity contribution is -0.124. The van der Waals surface area contributed by atoms with Crippen LogP contribution in [0.1, 0.15) is 46.0 Å². The lowest BCUT2D eigenvalue weighted by Gasteiger charge is -2.18. The first-order chi connectivity index (χ1) is 6.12. The molecule has 3 nitrogen and oxygen atoms in total. The Morgan fingerprint density at radius 2 is 2.15 bits per heavy atom. The van der Waals surface area contributed by atoms with Gasteiger partial charge >= 0.3 is 0 Å². The van der Waals surface area contributed by atoms with E-state index in [0.717, 1.165) is 32.1 Å². The summed E-state index contributed by atoms with van der Waals surface area (Å²) < 4.78 is 0. The van der Waals surface area contributed by atoms with Crippen LogP contribution in [0.15, 0.2) is 0 Å². The van der Waals surface area contributed by atoms with Crippen molar-refractivity contribution >= 4 is 5.91 Å². The van der Waals surface area contributed by atoms with Crippen molar-refractivity contribution in [1.82, 2.24) is 5.32 Å². The smallest absolute Gasteiger partial charge is 0.240 e. The molecule has 0 bridgehead atoms. The van der Waals surface area contributed by atoms with Gasteiger partial charge in [-0.2, -0.15) is 0 Å². The Morgan fingerprint density at radius 3 is 2.54 bits per heavy atom. The quantitative estimate of drug-likeness (QED) is 0.674. The van der Waals surface area contributed by atoms with Crippen LogP contribution in [-0.4, -0.2) is 17.5 Å². The lowest BCUT2D eigenvalue weighted by Crippen LogP contribution is -2.46.